The van der Waals surface area contributed by atoms with Gasteiger partial charge in [-0.1, -0.05) is 66.4 Å². The molecule has 0 saturated heterocycles. The van der Waals surface area contributed by atoms with E-state index < -0.39 is 0 Å². The lowest BCUT2D eigenvalue weighted by Gasteiger charge is -2.10. The summed E-state index contributed by atoms with van der Waals surface area (Å²) in [5.41, 5.74) is 3.82. The lowest BCUT2D eigenvalue weighted by Crippen LogP contribution is -2.14. The van der Waals surface area contributed by atoms with E-state index in [2.05, 4.69) is 27.6 Å². The predicted octanol–water partition coefficient (Wildman–Crippen LogP) is 4.67. The van der Waals surface area contributed by atoms with Gasteiger partial charge in [0.1, 0.15) is 12.1 Å². The molecule has 0 radical (unpaired) electrons. The summed E-state index contributed by atoms with van der Waals surface area (Å²) in [4.78, 5) is 12.4. The van der Waals surface area contributed by atoms with E-state index in [-0.39, 0.29) is 11.7 Å². The topological polar surface area (TPSA) is 69.0 Å². The predicted molar refractivity (Wildman–Crippen MR) is 119 cm³/mol. The molecular formula is C23H20N4O2S. The van der Waals surface area contributed by atoms with Gasteiger partial charge in [-0.05, 0) is 35.4 Å². The first kappa shape index (κ1) is 19.7. The summed E-state index contributed by atoms with van der Waals surface area (Å²) in [5, 5.41) is 11.7. The van der Waals surface area contributed by atoms with Crippen molar-refractivity contribution >= 4 is 23.4 Å². The summed E-state index contributed by atoms with van der Waals surface area (Å²) in [6.07, 6.45) is 1.61. The Balaban J connectivity index is 1.39. The minimum atomic E-state index is -0.109. The van der Waals surface area contributed by atoms with Crippen LogP contribution in [0.3, 0.4) is 0 Å². The molecular weight excluding hydrogens is 396 g/mol. The van der Waals surface area contributed by atoms with Gasteiger partial charge in [-0.25, -0.2) is 0 Å². The number of ether oxygens (including phenoxy) is 1. The van der Waals surface area contributed by atoms with Gasteiger partial charge in [0.2, 0.25) is 5.91 Å². The van der Waals surface area contributed by atoms with E-state index in [4.69, 9.17) is 4.74 Å². The average Bonchev–Trinajstić information content (AvgIpc) is 3.27. The van der Waals surface area contributed by atoms with Gasteiger partial charge >= 0.3 is 0 Å². The van der Waals surface area contributed by atoms with Crippen molar-refractivity contribution in [3.63, 3.8) is 0 Å². The first-order chi connectivity index (χ1) is 14.7. The fraction of sp³-hybridized carbons (Fsp3) is 0.0870. The highest BCUT2D eigenvalue weighted by atomic mass is 32.2. The van der Waals surface area contributed by atoms with Crippen molar-refractivity contribution in [3.8, 4) is 22.6 Å². The maximum Gasteiger partial charge on any atom is 0.234 e. The summed E-state index contributed by atoms with van der Waals surface area (Å²) < 4.78 is 7.22. The number of para-hydroxylation sites is 2. The molecule has 0 bridgehead atoms. The van der Waals surface area contributed by atoms with Crippen molar-refractivity contribution in [1.29, 1.82) is 0 Å². The average molecular weight is 417 g/mol. The fourth-order valence-electron chi connectivity index (χ4n) is 3.02. The van der Waals surface area contributed by atoms with Crippen molar-refractivity contribution in [1.82, 2.24) is 14.8 Å². The highest BCUT2D eigenvalue weighted by Crippen LogP contribution is 2.27. The van der Waals surface area contributed by atoms with Crippen LogP contribution in [0.2, 0.25) is 0 Å². The van der Waals surface area contributed by atoms with Gasteiger partial charge in [0, 0.05) is 5.69 Å². The molecule has 150 valence electrons. The van der Waals surface area contributed by atoms with Crippen LogP contribution in [0.1, 0.15) is 0 Å². The molecule has 0 aliphatic carbocycles. The van der Waals surface area contributed by atoms with E-state index >= 15 is 0 Å². The summed E-state index contributed by atoms with van der Waals surface area (Å²) >= 11 is 1.32. The molecule has 3 aromatic carbocycles. The Morgan fingerprint density at radius 3 is 2.43 bits per heavy atom. The molecule has 4 aromatic rings. The van der Waals surface area contributed by atoms with Crippen molar-refractivity contribution in [3.05, 3.63) is 85.2 Å². The lowest BCUT2D eigenvalue weighted by molar-refractivity contribution is -0.113. The third kappa shape index (κ3) is 4.52. The lowest BCUT2D eigenvalue weighted by atomic mass is 10.1. The molecule has 1 aromatic heterocycles. The number of anilines is 1. The smallest absolute Gasteiger partial charge is 0.234 e. The van der Waals surface area contributed by atoms with E-state index in [1.54, 1.807) is 13.4 Å². The number of hydrogen-bond donors (Lipinski definition) is 1. The molecule has 7 heteroatoms. The van der Waals surface area contributed by atoms with Crippen LogP contribution >= 0.6 is 11.8 Å². The third-order valence-corrected chi connectivity index (χ3v) is 5.41. The number of nitrogens with zero attached hydrogens (tertiary/aromatic N) is 3. The van der Waals surface area contributed by atoms with Crippen LogP contribution in [0, 0.1) is 0 Å². The van der Waals surface area contributed by atoms with Gasteiger partial charge in [0.15, 0.2) is 5.16 Å². The molecule has 4 rings (SSSR count). The summed E-state index contributed by atoms with van der Waals surface area (Å²) in [5.74, 6) is 0.818. The molecule has 0 spiro atoms. The molecule has 0 aliphatic heterocycles. The van der Waals surface area contributed by atoms with Crippen LogP contribution in [-0.2, 0) is 4.79 Å². The van der Waals surface area contributed by atoms with Crippen LogP contribution in [-0.4, -0.2) is 33.5 Å². The van der Waals surface area contributed by atoms with Crippen molar-refractivity contribution in [2.24, 2.45) is 0 Å². The van der Waals surface area contributed by atoms with E-state index in [0.717, 1.165) is 22.5 Å². The number of aromatic nitrogens is 3. The monoisotopic (exact) mass is 416 g/mol. The fourth-order valence-corrected chi connectivity index (χ4v) is 3.74. The van der Waals surface area contributed by atoms with E-state index in [1.165, 1.54) is 11.8 Å². The zero-order valence-corrected chi connectivity index (χ0v) is 17.2. The molecule has 0 unspecified atom stereocenters. The summed E-state index contributed by atoms with van der Waals surface area (Å²) in [7, 11) is 1.62. The van der Waals surface area contributed by atoms with Crippen LogP contribution in [0.25, 0.3) is 16.8 Å². The molecule has 1 heterocycles. The Morgan fingerprint density at radius 1 is 0.967 bits per heavy atom. The molecule has 0 aliphatic rings. The Kier molecular flexibility index (Phi) is 6.10. The SMILES string of the molecule is COc1ccccc1-n1cnnc1SCC(=O)Nc1ccc(-c2ccccc2)cc1. The second-order valence-corrected chi connectivity index (χ2v) is 7.38. The van der Waals surface area contributed by atoms with Gasteiger partial charge in [0.05, 0.1) is 18.6 Å². The number of carbonyl (C=O) groups is 1. The number of hydrogen-bond acceptors (Lipinski definition) is 5. The maximum atomic E-state index is 12.4. The van der Waals surface area contributed by atoms with Gasteiger partial charge in [-0.2, -0.15) is 0 Å². The first-order valence-electron chi connectivity index (χ1n) is 9.36. The standard InChI is InChI=1S/C23H20N4O2S/c1-29-21-10-6-5-9-20(21)27-16-24-26-23(27)30-15-22(28)25-19-13-11-18(12-14-19)17-7-3-2-4-8-17/h2-14,16H,15H2,1H3,(H,25,28). The largest absolute Gasteiger partial charge is 0.495 e. The number of thioether (sulfide) groups is 1. The Hall–Kier alpha value is -3.58. The third-order valence-electron chi connectivity index (χ3n) is 4.47. The van der Waals surface area contributed by atoms with Gasteiger partial charge < -0.3 is 10.1 Å². The minimum Gasteiger partial charge on any atom is -0.495 e. The van der Waals surface area contributed by atoms with Crippen LogP contribution in [0.4, 0.5) is 5.69 Å². The molecule has 6 nitrogen and oxygen atoms in total. The molecule has 30 heavy (non-hydrogen) atoms. The van der Waals surface area contributed by atoms with Crippen LogP contribution in [0.5, 0.6) is 5.75 Å². The number of benzene rings is 3. The van der Waals surface area contributed by atoms with Crippen LogP contribution in [0.15, 0.2) is 90.3 Å². The highest BCUT2D eigenvalue weighted by Gasteiger charge is 2.13. The van der Waals surface area contributed by atoms with E-state index in [1.807, 2.05) is 71.3 Å². The number of nitrogens with one attached hydrogen (secondary N) is 1. The van der Waals surface area contributed by atoms with Gasteiger partial charge in [-0.15, -0.1) is 10.2 Å². The number of methoxy groups -OCH3 is 1. The minimum absolute atomic E-state index is 0.109. The summed E-state index contributed by atoms with van der Waals surface area (Å²) in [6, 6.07) is 25.5. The maximum absolute atomic E-state index is 12.4. The van der Waals surface area contributed by atoms with Gasteiger partial charge in [-0.3, -0.25) is 9.36 Å². The van der Waals surface area contributed by atoms with Crippen LogP contribution < -0.4 is 10.1 Å². The van der Waals surface area contributed by atoms with Crippen molar-refractivity contribution < 1.29 is 9.53 Å². The zero-order chi connectivity index (χ0) is 20.8. The molecule has 0 fully saturated rings. The van der Waals surface area contributed by atoms with E-state index in [0.29, 0.717) is 10.9 Å². The van der Waals surface area contributed by atoms with E-state index in [9.17, 15) is 4.79 Å². The normalized spacial score (nSPS) is 10.6. The molecule has 0 atom stereocenters. The first-order valence-corrected chi connectivity index (χ1v) is 10.3. The Labute approximate surface area is 178 Å². The van der Waals surface area contributed by atoms with Crippen molar-refractivity contribution in [2.45, 2.75) is 5.16 Å². The van der Waals surface area contributed by atoms with Gasteiger partial charge in [0.25, 0.3) is 0 Å². The second kappa shape index (κ2) is 9.28. The number of amides is 1. The molecule has 1 N–H and O–H groups in total. The molecule has 1 amide bonds. The summed E-state index contributed by atoms with van der Waals surface area (Å²) in [6.45, 7) is 0. The quantitative estimate of drug-likeness (QED) is 0.443. The Morgan fingerprint density at radius 2 is 1.67 bits per heavy atom. The highest BCUT2D eigenvalue weighted by molar-refractivity contribution is 7.99. The number of rotatable bonds is 7. The van der Waals surface area contributed by atoms with Crippen molar-refractivity contribution in [2.75, 3.05) is 18.2 Å². The molecule has 0 saturated carbocycles. The Bertz CT molecular complexity index is 1130. The zero-order valence-electron chi connectivity index (χ0n) is 16.4. The second-order valence-electron chi connectivity index (χ2n) is 6.44. The number of carbonyl (C=O) groups excluding carboxylic acids is 1.